The molecule has 1 N–H and O–H groups in total. The van der Waals surface area contributed by atoms with Gasteiger partial charge in [-0.25, -0.2) is 0 Å². The van der Waals surface area contributed by atoms with Crippen molar-refractivity contribution in [2.45, 2.75) is 91.0 Å². The summed E-state index contributed by atoms with van der Waals surface area (Å²) in [5.74, 6) is 0. The average Bonchev–Trinajstić information content (AvgIpc) is 2.27. The molecule has 2 fully saturated rings. The van der Waals surface area contributed by atoms with Gasteiger partial charge in [0.1, 0.15) is 0 Å². The largest absolute Gasteiger partial charge is 0.367 e. The predicted molar refractivity (Wildman–Crippen MR) is 89.7 cm³/mol. The van der Waals surface area contributed by atoms with Crippen LogP contribution in [-0.2, 0) is 4.74 Å². The number of nitrogens with one attached hydrogen (secondary N) is 1. The molecule has 1 saturated carbocycles. The minimum Gasteiger partial charge on any atom is -0.367 e. The van der Waals surface area contributed by atoms with E-state index in [1.54, 1.807) is 0 Å². The lowest BCUT2D eigenvalue weighted by Gasteiger charge is -2.55. The summed E-state index contributed by atoms with van der Waals surface area (Å²) in [7, 11) is 0. The number of morpholine rings is 1. The molecule has 2 unspecified atom stereocenters. The summed E-state index contributed by atoms with van der Waals surface area (Å²) >= 11 is 0. The first-order valence-electron chi connectivity index (χ1n) is 8.74. The molecule has 3 heteroatoms. The van der Waals surface area contributed by atoms with Gasteiger partial charge in [0.25, 0.3) is 0 Å². The van der Waals surface area contributed by atoms with Crippen molar-refractivity contribution in [1.82, 2.24) is 10.2 Å². The second-order valence-corrected chi connectivity index (χ2v) is 9.01. The molecular formula is C18H36N2O. The van der Waals surface area contributed by atoms with Crippen molar-refractivity contribution in [3.63, 3.8) is 0 Å². The molecule has 0 radical (unpaired) electrons. The van der Waals surface area contributed by atoms with Crippen molar-refractivity contribution in [1.29, 1.82) is 0 Å². The third-order valence-corrected chi connectivity index (χ3v) is 5.16. The summed E-state index contributed by atoms with van der Waals surface area (Å²) in [5.41, 5.74) is 0.270. The Bertz CT molecular complexity index is 346. The van der Waals surface area contributed by atoms with Gasteiger partial charge in [0.2, 0.25) is 0 Å². The zero-order valence-corrected chi connectivity index (χ0v) is 15.3. The number of likely N-dealkylation sites (N-methyl/N-ethyl adjacent to an activating group) is 1. The normalized spacial score (nSPS) is 35.6. The molecule has 124 valence electrons. The van der Waals surface area contributed by atoms with Gasteiger partial charge in [0, 0.05) is 25.2 Å². The molecule has 2 aliphatic rings. The monoisotopic (exact) mass is 296 g/mol. The van der Waals surface area contributed by atoms with Crippen LogP contribution < -0.4 is 5.32 Å². The molecule has 0 aromatic carbocycles. The molecule has 2 atom stereocenters. The van der Waals surface area contributed by atoms with Crippen LogP contribution in [0.3, 0.4) is 0 Å². The lowest BCUT2D eigenvalue weighted by molar-refractivity contribution is -0.193. The Morgan fingerprint density at radius 1 is 1.05 bits per heavy atom. The van der Waals surface area contributed by atoms with Crippen LogP contribution in [-0.4, -0.2) is 47.8 Å². The van der Waals surface area contributed by atoms with E-state index in [1.165, 1.54) is 19.3 Å². The third kappa shape index (κ3) is 4.00. The molecule has 3 nitrogen and oxygen atoms in total. The zero-order valence-electron chi connectivity index (χ0n) is 15.3. The van der Waals surface area contributed by atoms with Crippen molar-refractivity contribution in [2.75, 3.05) is 19.6 Å². The van der Waals surface area contributed by atoms with Gasteiger partial charge in [-0.3, -0.25) is 4.90 Å². The first-order chi connectivity index (χ1) is 9.56. The smallest absolute Gasteiger partial charge is 0.0760 e. The molecule has 2 rings (SSSR count). The van der Waals surface area contributed by atoms with Crippen LogP contribution in [0.2, 0.25) is 0 Å². The number of hydrogen-bond acceptors (Lipinski definition) is 3. The number of nitrogens with zero attached hydrogens (tertiary/aromatic N) is 1. The van der Waals surface area contributed by atoms with Crippen molar-refractivity contribution >= 4 is 0 Å². The summed E-state index contributed by atoms with van der Waals surface area (Å²) < 4.78 is 6.27. The fraction of sp³-hybridized carbons (Fsp3) is 1.00. The van der Waals surface area contributed by atoms with Crippen LogP contribution in [0.15, 0.2) is 0 Å². The second kappa shape index (κ2) is 5.82. The predicted octanol–water partition coefficient (Wildman–Crippen LogP) is 3.43. The van der Waals surface area contributed by atoms with Gasteiger partial charge in [0.05, 0.1) is 11.2 Å². The first-order valence-corrected chi connectivity index (χ1v) is 8.74. The van der Waals surface area contributed by atoms with Gasteiger partial charge in [-0.05, 0) is 52.5 Å². The molecule has 0 amide bonds. The molecule has 0 aromatic rings. The Hall–Kier alpha value is -0.120. The van der Waals surface area contributed by atoms with Crippen molar-refractivity contribution in [2.24, 2.45) is 5.41 Å². The van der Waals surface area contributed by atoms with E-state index in [-0.39, 0.29) is 11.2 Å². The lowest BCUT2D eigenvalue weighted by Crippen LogP contribution is -2.66. The van der Waals surface area contributed by atoms with E-state index in [9.17, 15) is 0 Å². The third-order valence-electron chi connectivity index (χ3n) is 5.16. The van der Waals surface area contributed by atoms with Crippen molar-refractivity contribution in [3.05, 3.63) is 0 Å². The number of ether oxygens (including phenoxy) is 1. The summed E-state index contributed by atoms with van der Waals surface area (Å²) in [5, 5.41) is 3.79. The van der Waals surface area contributed by atoms with Gasteiger partial charge in [-0.1, -0.05) is 27.2 Å². The molecular weight excluding hydrogens is 260 g/mol. The minimum atomic E-state index is -0.0555. The Labute approximate surface area is 131 Å². The average molecular weight is 296 g/mol. The highest BCUT2D eigenvalue weighted by atomic mass is 16.5. The fourth-order valence-electron chi connectivity index (χ4n) is 4.72. The van der Waals surface area contributed by atoms with E-state index in [1.807, 2.05) is 0 Å². The zero-order chi connectivity index (χ0) is 15.9. The molecule has 0 aromatic heterocycles. The van der Waals surface area contributed by atoms with E-state index in [4.69, 9.17) is 4.74 Å². The topological polar surface area (TPSA) is 24.5 Å². The number of hydrogen-bond donors (Lipinski definition) is 1. The van der Waals surface area contributed by atoms with Crippen LogP contribution in [0.25, 0.3) is 0 Å². The highest BCUT2D eigenvalue weighted by molar-refractivity contribution is 5.01. The molecule has 1 heterocycles. The quantitative estimate of drug-likeness (QED) is 0.863. The molecule has 0 bridgehead atoms. The van der Waals surface area contributed by atoms with Crippen LogP contribution >= 0.6 is 0 Å². The lowest BCUT2D eigenvalue weighted by atomic mass is 9.70. The Morgan fingerprint density at radius 2 is 1.62 bits per heavy atom. The van der Waals surface area contributed by atoms with Crippen molar-refractivity contribution < 1.29 is 4.74 Å². The number of rotatable bonds is 3. The van der Waals surface area contributed by atoms with E-state index in [0.717, 1.165) is 19.6 Å². The molecule has 1 aliphatic carbocycles. The Kier molecular flexibility index (Phi) is 4.78. The maximum atomic E-state index is 6.27. The van der Waals surface area contributed by atoms with E-state index in [2.05, 4.69) is 58.7 Å². The molecule has 21 heavy (non-hydrogen) atoms. The summed E-state index contributed by atoms with van der Waals surface area (Å²) in [6, 6.07) is 1.22. The Morgan fingerprint density at radius 3 is 2.14 bits per heavy atom. The SMILES string of the molecule is CCNC1C(N2CC(C)(C)OC(C)(C)C2)CCCC1(C)C. The van der Waals surface area contributed by atoms with Gasteiger partial charge in [-0.2, -0.15) is 0 Å². The molecule has 1 aliphatic heterocycles. The van der Waals surface area contributed by atoms with E-state index < -0.39 is 0 Å². The second-order valence-electron chi connectivity index (χ2n) is 9.01. The van der Waals surface area contributed by atoms with E-state index >= 15 is 0 Å². The van der Waals surface area contributed by atoms with Crippen LogP contribution in [0.4, 0.5) is 0 Å². The molecule has 0 spiro atoms. The van der Waals surface area contributed by atoms with Crippen LogP contribution in [0, 0.1) is 5.41 Å². The maximum absolute atomic E-state index is 6.27. The molecule has 1 saturated heterocycles. The summed E-state index contributed by atoms with van der Waals surface area (Å²) in [6.45, 7) is 19.2. The van der Waals surface area contributed by atoms with E-state index in [0.29, 0.717) is 17.5 Å². The van der Waals surface area contributed by atoms with Crippen LogP contribution in [0.1, 0.15) is 67.7 Å². The standard InChI is InChI=1S/C18H36N2O/c1-8-19-15-14(10-9-11-16(15,2)3)20-12-17(4,5)21-18(6,7)13-20/h14-15,19H,8-13H2,1-7H3. The van der Waals surface area contributed by atoms with Crippen molar-refractivity contribution in [3.8, 4) is 0 Å². The minimum absolute atomic E-state index is 0.0555. The highest BCUT2D eigenvalue weighted by Crippen LogP contribution is 2.40. The highest BCUT2D eigenvalue weighted by Gasteiger charge is 2.46. The Balaban J connectivity index is 2.21. The fourth-order valence-corrected chi connectivity index (χ4v) is 4.72. The summed E-state index contributed by atoms with van der Waals surface area (Å²) in [4.78, 5) is 2.71. The van der Waals surface area contributed by atoms with Crippen LogP contribution in [0.5, 0.6) is 0 Å². The van der Waals surface area contributed by atoms with Gasteiger partial charge < -0.3 is 10.1 Å². The first kappa shape index (κ1) is 17.2. The van der Waals surface area contributed by atoms with Gasteiger partial charge in [0.15, 0.2) is 0 Å². The summed E-state index contributed by atoms with van der Waals surface area (Å²) in [6.07, 6.45) is 3.99. The van der Waals surface area contributed by atoms with Gasteiger partial charge >= 0.3 is 0 Å². The maximum Gasteiger partial charge on any atom is 0.0760 e. The van der Waals surface area contributed by atoms with Gasteiger partial charge in [-0.15, -0.1) is 0 Å².